The molecule has 2 N–H and O–H groups in total. The molecule has 0 saturated carbocycles. The van der Waals surface area contributed by atoms with E-state index in [0.29, 0.717) is 11.6 Å². The van der Waals surface area contributed by atoms with Crippen molar-refractivity contribution in [3.05, 3.63) is 46.8 Å². The van der Waals surface area contributed by atoms with Gasteiger partial charge in [-0.05, 0) is 49.4 Å². The van der Waals surface area contributed by atoms with Crippen LogP contribution >= 0.6 is 0 Å². The quantitative estimate of drug-likeness (QED) is 0.896. The fourth-order valence-corrected chi connectivity index (χ4v) is 2.52. The normalized spacial score (nSPS) is 13.1. The lowest BCUT2D eigenvalue weighted by Crippen LogP contribution is -2.06. The molecular weight excluding hydrogens is 254 g/mol. The van der Waals surface area contributed by atoms with Gasteiger partial charge in [-0.25, -0.2) is 14.8 Å². The van der Waals surface area contributed by atoms with E-state index in [1.165, 1.54) is 23.7 Å². The number of nitrogens with one attached hydrogen (secondary N) is 1. The van der Waals surface area contributed by atoms with Gasteiger partial charge in [-0.1, -0.05) is 6.07 Å². The molecule has 2 aromatic rings. The lowest BCUT2D eigenvalue weighted by atomic mass is 10.1. The van der Waals surface area contributed by atoms with E-state index >= 15 is 0 Å². The Morgan fingerprint density at radius 1 is 1.30 bits per heavy atom. The number of nitrogens with zero attached hydrogens (tertiary/aromatic N) is 2. The predicted molar refractivity (Wildman–Crippen MR) is 75.5 cm³/mol. The largest absolute Gasteiger partial charge is 0.478 e. The van der Waals surface area contributed by atoms with E-state index in [-0.39, 0.29) is 5.56 Å². The highest BCUT2D eigenvalue weighted by Gasteiger charge is 2.12. The smallest absolute Gasteiger partial charge is 0.339 e. The molecule has 1 aliphatic rings. The fraction of sp³-hybridized carbons (Fsp3) is 0.267. The highest BCUT2D eigenvalue weighted by molar-refractivity contribution is 5.88. The molecule has 0 atom stereocenters. The number of carbonyl (C=O) groups is 1. The zero-order valence-corrected chi connectivity index (χ0v) is 11.2. The van der Waals surface area contributed by atoms with Crippen LogP contribution in [0, 0.1) is 6.92 Å². The molecule has 102 valence electrons. The average Bonchev–Trinajstić information content (AvgIpc) is 2.85. The molecule has 0 unspecified atom stereocenters. The lowest BCUT2D eigenvalue weighted by molar-refractivity contribution is 0.0695. The molecule has 0 fully saturated rings. The topological polar surface area (TPSA) is 75.1 Å². The Kier molecular flexibility index (Phi) is 3.10. The van der Waals surface area contributed by atoms with Gasteiger partial charge in [-0.15, -0.1) is 0 Å². The number of aromatic nitrogens is 2. The first-order valence-corrected chi connectivity index (χ1v) is 6.59. The highest BCUT2D eigenvalue weighted by atomic mass is 16.4. The first-order valence-electron chi connectivity index (χ1n) is 6.59. The Morgan fingerprint density at radius 2 is 2.10 bits per heavy atom. The van der Waals surface area contributed by atoms with Crippen LogP contribution in [0.1, 0.15) is 33.6 Å². The average molecular weight is 269 g/mol. The summed E-state index contributed by atoms with van der Waals surface area (Å²) in [5.74, 6) is -0.586. The third-order valence-electron chi connectivity index (χ3n) is 3.56. The molecule has 0 aliphatic heterocycles. The van der Waals surface area contributed by atoms with Crippen LogP contribution in [0.15, 0.2) is 24.4 Å². The van der Waals surface area contributed by atoms with E-state index < -0.39 is 5.97 Å². The highest BCUT2D eigenvalue weighted by Crippen LogP contribution is 2.26. The van der Waals surface area contributed by atoms with E-state index in [0.717, 1.165) is 18.5 Å². The van der Waals surface area contributed by atoms with Crippen molar-refractivity contribution < 1.29 is 9.90 Å². The monoisotopic (exact) mass is 269 g/mol. The third-order valence-corrected chi connectivity index (χ3v) is 3.56. The van der Waals surface area contributed by atoms with Gasteiger partial charge in [0.15, 0.2) is 0 Å². The van der Waals surface area contributed by atoms with E-state index in [4.69, 9.17) is 5.11 Å². The Hall–Kier alpha value is -2.43. The number of aromatic carboxylic acids is 1. The summed E-state index contributed by atoms with van der Waals surface area (Å²) >= 11 is 0. The molecule has 1 aromatic heterocycles. The Balaban J connectivity index is 1.84. The summed E-state index contributed by atoms with van der Waals surface area (Å²) in [6.07, 6.45) is 4.81. The van der Waals surface area contributed by atoms with Gasteiger partial charge in [0, 0.05) is 11.9 Å². The molecule has 1 aromatic carbocycles. The van der Waals surface area contributed by atoms with E-state index in [1.54, 1.807) is 6.92 Å². The predicted octanol–water partition coefficient (Wildman–Crippen LogP) is 2.72. The maximum Gasteiger partial charge on any atom is 0.339 e. The number of rotatable bonds is 3. The summed E-state index contributed by atoms with van der Waals surface area (Å²) in [6.45, 7) is 1.67. The summed E-state index contributed by atoms with van der Waals surface area (Å²) in [6, 6.07) is 6.25. The lowest BCUT2D eigenvalue weighted by Gasteiger charge is -2.08. The number of benzene rings is 1. The molecule has 0 radical (unpaired) electrons. The van der Waals surface area contributed by atoms with Crippen molar-refractivity contribution in [1.82, 2.24) is 9.97 Å². The van der Waals surface area contributed by atoms with Crippen molar-refractivity contribution in [2.75, 3.05) is 5.32 Å². The van der Waals surface area contributed by atoms with E-state index in [9.17, 15) is 4.79 Å². The SMILES string of the molecule is Cc1nc(Nc2ccc3c(c2)CCC3)ncc1C(=O)O. The van der Waals surface area contributed by atoms with Gasteiger partial charge in [0.05, 0.1) is 11.3 Å². The van der Waals surface area contributed by atoms with Gasteiger partial charge in [-0.3, -0.25) is 0 Å². The van der Waals surface area contributed by atoms with E-state index in [1.807, 2.05) is 6.07 Å². The van der Waals surface area contributed by atoms with Crippen LogP contribution in [0.3, 0.4) is 0 Å². The molecular formula is C15H15N3O2. The number of carboxylic acids is 1. The van der Waals surface area contributed by atoms with Crippen LogP contribution < -0.4 is 5.32 Å². The zero-order chi connectivity index (χ0) is 14.1. The summed E-state index contributed by atoms with van der Waals surface area (Å²) in [4.78, 5) is 19.1. The third kappa shape index (κ3) is 2.34. The molecule has 0 saturated heterocycles. The number of fused-ring (bicyclic) bond motifs is 1. The maximum absolute atomic E-state index is 10.9. The Labute approximate surface area is 116 Å². The van der Waals surface area contributed by atoms with Crippen molar-refractivity contribution in [1.29, 1.82) is 0 Å². The van der Waals surface area contributed by atoms with Gasteiger partial charge in [0.2, 0.25) is 5.95 Å². The van der Waals surface area contributed by atoms with Crippen LogP contribution in [0.2, 0.25) is 0 Å². The molecule has 20 heavy (non-hydrogen) atoms. The van der Waals surface area contributed by atoms with Crippen molar-refractivity contribution in [2.24, 2.45) is 0 Å². The van der Waals surface area contributed by atoms with Crippen molar-refractivity contribution in [2.45, 2.75) is 26.2 Å². The minimum absolute atomic E-state index is 0.129. The van der Waals surface area contributed by atoms with Gasteiger partial charge in [0.1, 0.15) is 0 Å². The van der Waals surface area contributed by atoms with Gasteiger partial charge in [0.25, 0.3) is 0 Å². The Bertz CT molecular complexity index is 683. The first kappa shape index (κ1) is 12.6. The second-order valence-corrected chi connectivity index (χ2v) is 4.96. The van der Waals surface area contributed by atoms with Gasteiger partial charge in [-0.2, -0.15) is 0 Å². The first-order chi connectivity index (χ1) is 9.63. The molecule has 5 nitrogen and oxygen atoms in total. The Morgan fingerprint density at radius 3 is 2.85 bits per heavy atom. The number of hydrogen-bond donors (Lipinski definition) is 2. The summed E-state index contributed by atoms with van der Waals surface area (Å²) in [7, 11) is 0. The minimum Gasteiger partial charge on any atom is -0.478 e. The van der Waals surface area contributed by atoms with Crippen LogP contribution in [-0.2, 0) is 12.8 Å². The van der Waals surface area contributed by atoms with Gasteiger partial charge >= 0.3 is 5.97 Å². The zero-order valence-electron chi connectivity index (χ0n) is 11.2. The summed E-state index contributed by atoms with van der Waals surface area (Å²) < 4.78 is 0. The van der Waals surface area contributed by atoms with Gasteiger partial charge < -0.3 is 10.4 Å². The molecule has 0 bridgehead atoms. The summed E-state index contributed by atoms with van der Waals surface area (Å²) in [5, 5.41) is 12.1. The van der Waals surface area contributed by atoms with E-state index in [2.05, 4.69) is 27.4 Å². The number of aryl methyl sites for hydroxylation is 3. The number of anilines is 2. The van der Waals surface area contributed by atoms with Crippen LogP contribution in [0.4, 0.5) is 11.6 Å². The van der Waals surface area contributed by atoms with Crippen molar-refractivity contribution in [3.63, 3.8) is 0 Å². The van der Waals surface area contributed by atoms with Crippen molar-refractivity contribution in [3.8, 4) is 0 Å². The molecule has 5 heteroatoms. The molecule has 1 aliphatic carbocycles. The van der Waals surface area contributed by atoms with Crippen LogP contribution in [0.5, 0.6) is 0 Å². The second-order valence-electron chi connectivity index (χ2n) is 4.96. The molecule has 3 rings (SSSR count). The maximum atomic E-state index is 10.9. The molecule has 1 heterocycles. The fourth-order valence-electron chi connectivity index (χ4n) is 2.52. The van der Waals surface area contributed by atoms with Crippen LogP contribution in [-0.4, -0.2) is 21.0 Å². The standard InChI is InChI=1S/C15H15N3O2/c1-9-13(14(19)20)8-16-15(17-9)18-12-6-5-10-3-2-4-11(10)7-12/h5-8H,2-4H2,1H3,(H,19,20)(H,16,17,18). The molecule has 0 amide bonds. The molecule has 0 spiro atoms. The second kappa shape index (κ2) is 4.92. The minimum atomic E-state index is -1.01. The van der Waals surface area contributed by atoms with Crippen LogP contribution in [0.25, 0.3) is 0 Å². The number of carboxylic acid groups (broad SMARTS) is 1. The summed E-state index contributed by atoms with van der Waals surface area (Å²) in [5.41, 5.74) is 4.30. The number of hydrogen-bond acceptors (Lipinski definition) is 4. The van der Waals surface area contributed by atoms with Crippen molar-refractivity contribution >= 4 is 17.6 Å².